The first-order valence-corrected chi connectivity index (χ1v) is 6.30. The molecule has 2 nitrogen and oxygen atoms in total. The monoisotopic (exact) mass is 237 g/mol. The molecule has 0 amide bonds. The average Bonchev–Trinajstić information content (AvgIpc) is 2.26. The number of hydrogen-bond donors (Lipinski definition) is 1. The molecule has 1 saturated carbocycles. The summed E-state index contributed by atoms with van der Waals surface area (Å²) < 4.78 is 19.4. The zero-order chi connectivity index (χ0) is 12.3. The fourth-order valence-electron chi connectivity index (χ4n) is 1.98. The van der Waals surface area contributed by atoms with Crippen LogP contribution in [0.5, 0.6) is 5.75 Å². The van der Waals surface area contributed by atoms with Crippen molar-refractivity contribution in [2.45, 2.75) is 32.2 Å². The third-order valence-electron chi connectivity index (χ3n) is 3.58. The van der Waals surface area contributed by atoms with Crippen molar-refractivity contribution in [2.24, 2.45) is 5.92 Å². The minimum Gasteiger partial charge on any atom is -0.493 e. The molecule has 1 unspecified atom stereocenters. The molecule has 0 bridgehead atoms. The molecule has 0 heterocycles. The number of ether oxygens (including phenoxy) is 1. The van der Waals surface area contributed by atoms with Crippen molar-refractivity contribution in [2.75, 3.05) is 13.7 Å². The average molecular weight is 237 g/mol. The Bertz CT molecular complexity index is 376. The van der Waals surface area contributed by atoms with Gasteiger partial charge in [-0.15, -0.1) is 0 Å². The topological polar surface area (TPSA) is 21.3 Å². The largest absolute Gasteiger partial charge is 0.493 e. The lowest BCUT2D eigenvalue weighted by Crippen LogP contribution is -2.19. The first-order valence-electron chi connectivity index (χ1n) is 6.30. The molecule has 1 N–H and O–H groups in total. The summed E-state index contributed by atoms with van der Waals surface area (Å²) in [6.45, 7) is 2.66. The molecular weight excluding hydrogens is 217 g/mol. The maximum atomic E-state index is 13.8. The number of benzene rings is 1. The van der Waals surface area contributed by atoms with Crippen LogP contribution in [0.4, 0.5) is 4.39 Å². The Hall–Kier alpha value is -1.09. The van der Waals surface area contributed by atoms with Gasteiger partial charge in [0.25, 0.3) is 0 Å². The Morgan fingerprint density at radius 2 is 2.24 bits per heavy atom. The van der Waals surface area contributed by atoms with Gasteiger partial charge in [-0.1, -0.05) is 12.5 Å². The Morgan fingerprint density at radius 1 is 1.47 bits per heavy atom. The number of hydrogen-bond acceptors (Lipinski definition) is 2. The molecule has 1 aromatic rings. The highest BCUT2D eigenvalue weighted by molar-refractivity contribution is 5.30. The summed E-state index contributed by atoms with van der Waals surface area (Å²) in [6.07, 6.45) is 3.80. The van der Waals surface area contributed by atoms with Crippen LogP contribution in [0.1, 0.15) is 37.8 Å². The van der Waals surface area contributed by atoms with Crippen LogP contribution < -0.4 is 10.1 Å². The second kappa shape index (κ2) is 5.50. The lowest BCUT2D eigenvalue weighted by molar-refractivity contribution is 0.180. The van der Waals surface area contributed by atoms with Crippen LogP contribution in [-0.4, -0.2) is 13.7 Å². The molecule has 1 atom stereocenters. The van der Waals surface area contributed by atoms with Gasteiger partial charge >= 0.3 is 0 Å². The van der Waals surface area contributed by atoms with Gasteiger partial charge in [0.1, 0.15) is 11.6 Å². The molecule has 3 heteroatoms. The predicted octanol–water partition coefficient (Wildman–Crippen LogP) is 3.29. The fourth-order valence-corrected chi connectivity index (χ4v) is 1.98. The van der Waals surface area contributed by atoms with Gasteiger partial charge in [-0.3, -0.25) is 0 Å². The van der Waals surface area contributed by atoms with Crippen molar-refractivity contribution in [1.29, 1.82) is 0 Å². The smallest absolute Gasteiger partial charge is 0.131 e. The molecular formula is C14H20FNO. The van der Waals surface area contributed by atoms with Crippen LogP contribution in [0.25, 0.3) is 0 Å². The minimum absolute atomic E-state index is 0.0238. The van der Waals surface area contributed by atoms with Gasteiger partial charge in [0.15, 0.2) is 0 Å². The van der Waals surface area contributed by atoms with E-state index in [1.165, 1.54) is 25.3 Å². The van der Waals surface area contributed by atoms with E-state index in [4.69, 9.17) is 4.74 Å². The van der Waals surface area contributed by atoms with Crippen molar-refractivity contribution in [1.82, 2.24) is 5.32 Å². The van der Waals surface area contributed by atoms with Crippen molar-refractivity contribution >= 4 is 0 Å². The molecule has 1 aliphatic rings. The predicted molar refractivity (Wildman–Crippen MR) is 66.7 cm³/mol. The zero-order valence-electron chi connectivity index (χ0n) is 10.5. The second-order valence-electron chi connectivity index (χ2n) is 4.80. The Kier molecular flexibility index (Phi) is 4.00. The SMILES string of the molecule is CNC(C)c1ccc(OCC2CCC2)cc1F. The van der Waals surface area contributed by atoms with E-state index >= 15 is 0 Å². The third-order valence-corrected chi connectivity index (χ3v) is 3.58. The molecule has 1 fully saturated rings. The van der Waals surface area contributed by atoms with Crippen LogP contribution in [0.15, 0.2) is 18.2 Å². The van der Waals surface area contributed by atoms with Crippen molar-refractivity contribution in [3.63, 3.8) is 0 Å². The molecule has 1 aromatic carbocycles. The van der Waals surface area contributed by atoms with Crippen molar-refractivity contribution in [3.05, 3.63) is 29.6 Å². The fraction of sp³-hybridized carbons (Fsp3) is 0.571. The standard InChI is InChI=1S/C14H20FNO/c1-10(16-2)13-7-6-12(8-14(13)15)17-9-11-4-3-5-11/h6-8,10-11,16H,3-5,9H2,1-2H3. The second-order valence-corrected chi connectivity index (χ2v) is 4.80. The molecule has 0 radical (unpaired) electrons. The molecule has 94 valence electrons. The summed E-state index contributed by atoms with van der Waals surface area (Å²) in [4.78, 5) is 0. The minimum atomic E-state index is -0.196. The van der Waals surface area contributed by atoms with E-state index in [2.05, 4.69) is 5.32 Å². The van der Waals surface area contributed by atoms with Gasteiger partial charge in [-0.05, 0) is 38.8 Å². The van der Waals surface area contributed by atoms with Crippen LogP contribution >= 0.6 is 0 Å². The summed E-state index contributed by atoms with van der Waals surface area (Å²) in [5, 5.41) is 3.03. The lowest BCUT2D eigenvalue weighted by Gasteiger charge is -2.25. The maximum absolute atomic E-state index is 13.8. The Morgan fingerprint density at radius 3 is 2.76 bits per heavy atom. The number of rotatable bonds is 5. The highest BCUT2D eigenvalue weighted by Crippen LogP contribution is 2.28. The highest BCUT2D eigenvalue weighted by atomic mass is 19.1. The van der Waals surface area contributed by atoms with E-state index in [0.717, 1.165) is 6.61 Å². The molecule has 0 aliphatic heterocycles. The van der Waals surface area contributed by atoms with Gasteiger partial charge < -0.3 is 10.1 Å². The molecule has 0 aromatic heterocycles. The number of halogens is 1. The van der Waals surface area contributed by atoms with Gasteiger partial charge in [0, 0.05) is 17.7 Å². The van der Waals surface area contributed by atoms with Gasteiger partial charge in [0.05, 0.1) is 6.61 Å². The van der Waals surface area contributed by atoms with Gasteiger partial charge in [-0.2, -0.15) is 0 Å². The molecule has 2 rings (SSSR count). The van der Waals surface area contributed by atoms with Crippen LogP contribution in [-0.2, 0) is 0 Å². The van der Waals surface area contributed by atoms with E-state index in [0.29, 0.717) is 17.2 Å². The summed E-state index contributed by atoms with van der Waals surface area (Å²) in [5.74, 6) is 1.12. The van der Waals surface area contributed by atoms with Crippen LogP contribution in [0.3, 0.4) is 0 Å². The van der Waals surface area contributed by atoms with E-state index < -0.39 is 0 Å². The zero-order valence-corrected chi connectivity index (χ0v) is 10.5. The third kappa shape index (κ3) is 2.97. The summed E-state index contributed by atoms with van der Waals surface area (Å²) in [7, 11) is 1.82. The van der Waals surface area contributed by atoms with E-state index in [9.17, 15) is 4.39 Å². The van der Waals surface area contributed by atoms with E-state index in [1.807, 2.05) is 20.0 Å². The van der Waals surface area contributed by atoms with E-state index in [-0.39, 0.29) is 11.9 Å². The molecule has 1 aliphatic carbocycles. The number of nitrogens with one attached hydrogen (secondary N) is 1. The van der Waals surface area contributed by atoms with Crippen molar-refractivity contribution < 1.29 is 9.13 Å². The van der Waals surface area contributed by atoms with Crippen molar-refractivity contribution in [3.8, 4) is 5.75 Å². The first kappa shape index (κ1) is 12.4. The summed E-state index contributed by atoms with van der Waals surface area (Å²) in [6, 6.07) is 5.16. The molecule has 0 saturated heterocycles. The molecule has 17 heavy (non-hydrogen) atoms. The van der Waals surface area contributed by atoms with Gasteiger partial charge in [0.2, 0.25) is 0 Å². The van der Waals surface area contributed by atoms with Crippen LogP contribution in [0, 0.1) is 11.7 Å². The quantitative estimate of drug-likeness (QED) is 0.848. The lowest BCUT2D eigenvalue weighted by atomic mass is 9.86. The summed E-state index contributed by atoms with van der Waals surface area (Å²) in [5.41, 5.74) is 0.684. The van der Waals surface area contributed by atoms with Gasteiger partial charge in [-0.25, -0.2) is 4.39 Å². The first-order chi connectivity index (χ1) is 8.20. The normalized spacial score (nSPS) is 17.6. The van der Waals surface area contributed by atoms with E-state index in [1.54, 1.807) is 6.07 Å². The molecule has 0 spiro atoms. The maximum Gasteiger partial charge on any atom is 0.131 e. The Balaban J connectivity index is 1.97. The Labute approximate surface area is 102 Å². The summed E-state index contributed by atoms with van der Waals surface area (Å²) >= 11 is 0. The van der Waals surface area contributed by atoms with Crippen LogP contribution in [0.2, 0.25) is 0 Å². The highest BCUT2D eigenvalue weighted by Gasteiger charge is 2.18.